The average molecular weight is 370 g/mol. The molecule has 4 aromatic heterocycles. The Bertz CT molecular complexity index is 1360. The molecular weight excluding hydrogens is 355 g/mol. The smallest absolute Gasteiger partial charge is 0.213 e. The van der Waals surface area contributed by atoms with Crippen LogP contribution in [0.4, 0.5) is 10.2 Å². The molecule has 0 bridgehead atoms. The molecule has 2 N–H and O–H groups in total. The van der Waals surface area contributed by atoms with Crippen LogP contribution in [0.15, 0.2) is 61.1 Å². The van der Waals surface area contributed by atoms with Gasteiger partial charge in [-0.05, 0) is 42.8 Å². The van der Waals surface area contributed by atoms with Crippen LogP contribution in [0.2, 0.25) is 0 Å². The summed E-state index contributed by atoms with van der Waals surface area (Å²) < 4.78 is 15.7. The van der Waals surface area contributed by atoms with Crippen molar-refractivity contribution in [3.63, 3.8) is 0 Å². The van der Waals surface area contributed by atoms with Crippen molar-refractivity contribution in [3.8, 4) is 22.6 Å². The van der Waals surface area contributed by atoms with Gasteiger partial charge in [0.05, 0.1) is 16.9 Å². The van der Waals surface area contributed by atoms with E-state index in [2.05, 4.69) is 19.9 Å². The number of anilines is 1. The van der Waals surface area contributed by atoms with Gasteiger partial charge in [-0.3, -0.25) is 9.38 Å². The maximum absolute atomic E-state index is 13.8. The third-order valence-corrected chi connectivity index (χ3v) is 4.76. The number of hydrogen-bond acceptors (Lipinski definition) is 5. The van der Waals surface area contributed by atoms with Gasteiger partial charge in [0.2, 0.25) is 5.95 Å². The molecule has 0 saturated heterocycles. The summed E-state index contributed by atoms with van der Waals surface area (Å²) >= 11 is 0. The van der Waals surface area contributed by atoms with Crippen LogP contribution in [0.25, 0.3) is 39.2 Å². The van der Waals surface area contributed by atoms with Crippen molar-refractivity contribution in [1.82, 2.24) is 24.3 Å². The van der Waals surface area contributed by atoms with E-state index in [4.69, 9.17) is 5.73 Å². The first-order chi connectivity index (χ1) is 13.6. The minimum absolute atomic E-state index is 0.258. The summed E-state index contributed by atoms with van der Waals surface area (Å²) in [4.78, 5) is 17.2. The molecule has 28 heavy (non-hydrogen) atoms. The molecule has 136 valence electrons. The first kappa shape index (κ1) is 16.3. The Morgan fingerprint density at radius 3 is 2.75 bits per heavy atom. The predicted octanol–water partition coefficient (Wildman–Crippen LogP) is 4.04. The van der Waals surface area contributed by atoms with Gasteiger partial charge < -0.3 is 5.73 Å². The molecular formula is C21H15FN6. The normalized spacial score (nSPS) is 11.4. The van der Waals surface area contributed by atoms with E-state index in [1.807, 2.05) is 41.8 Å². The number of rotatable bonds is 2. The lowest BCUT2D eigenvalue weighted by Gasteiger charge is -2.14. The van der Waals surface area contributed by atoms with Crippen LogP contribution in [-0.4, -0.2) is 24.3 Å². The fraction of sp³-hybridized carbons (Fsp3) is 0.0476. The number of halogens is 1. The van der Waals surface area contributed by atoms with Crippen LogP contribution in [0, 0.1) is 12.9 Å². The third kappa shape index (κ3) is 2.48. The Balaban J connectivity index is 1.88. The number of nitrogens with two attached hydrogens (primary N) is 1. The van der Waals surface area contributed by atoms with Crippen molar-refractivity contribution in [2.24, 2.45) is 0 Å². The molecule has 5 aromatic rings. The summed E-state index contributed by atoms with van der Waals surface area (Å²) in [5.74, 6) is -0.318. The minimum atomic E-state index is -0.576. The molecule has 0 fully saturated rings. The number of benzene rings is 1. The summed E-state index contributed by atoms with van der Waals surface area (Å²) in [5, 5.41) is 1.03. The molecule has 0 spiro atoms. The van der Waals surface area contributed by atoms with E-state index >= 15 is 0 Å². The average Bonchev–Trinajstić information content (AvgIpc) is 3.18. The van der Waals surface area contributed by atoms with Crippen molar-refractivity contribution in [2.75, 3.05) is 5.73 Å². The van der Waals surface area contributed by atoms with Crippen molar-refractivity contribution >= 4 is 22.4 Å². The molecule has 0 atom stereocenters. The Hall–Kier alpha value is -3.87. The Kier molecular flexibility index (Phi) is 3.55. The summed E-state index contributed by atoms with van der Waals surface area (Å²) in [5.41, 5.74) is 11.2. The molecule has 7 heteroatoms. The highest BCUT2D eigenvalue weighted by molar-refractivity contribution is 5.90. The number of pyridine rings is 2. The molecule has 0 radical (unpaired) electrons. The number of nitrogens with zero attached hydrogens (tertiary/aromatic N) is 5. The first-order valence-corrected chi connectivity index (χ1v) is 8.73. The van der Waals surface area contributed by atoms with Gasteiger partial charge in [-0.2, -0.15) is 4.39 Å². The fourth-order valence-corrected chi connectivity index (χ4v) is 3.44. The maximum atomic E-state index is 13.8. The highest BCUT2D eigenvalue weighted by Gasteiger charge is 2.18. The Morgan fingerprint density at radius 2 is 1.89 bits per heavy atom. The zero-order valence-corrected chi connectivity index (χ0v) is 15.0. The van der Waals surface area contributed by atoms with E-state index < -0.39 is 5.95 Å². The number of aryl methyl sites for hydroxylation is 1. The second-order valence-corrected chi connectivity index (χ2v) is 6.52. The zero-order chi connectivity index (χ0) is 19.3. The molecule has 1 aromatic carbocycles. The minimum Gasteiger partial charge on any atom is -0.381 e. The van der Waals surface area contributed by atoms with Crippen LogP contribution in [0.1, 0.15) is 5.56 Å². The van der Waals surface area contributed by atoms with Crippen LogP contribution < -0.4 is 5.73 Å². The number of fused-ring (bicyclic) bond motifs is 2. The summed E-state index contributed by atoms with van der Waals surface area (Å²) in [6, 6.07) is 12.6. The first-order valence-electron chi connectivity index (χ1n) is 8.73. The van der Waals surface area contributed by atoms with Crippen molar-refractivity contribution in [2.45, 2.75) is 6.92 Å². The lowest BCUT2D eigenvalue weighted by atomic mass is 10.0. The molecule has 0 aliphatic heterocycles. The largest absolute Gasteiger partial charge is 0.381 e. The molecule has 0 saturated carbocycles. The van der Waals surface area contributed by atoms with Gasteiger partial charge in [0.1, 0.15) is 5.69 Å². The highest BCUT2D eigenvalue weighted by Crippen LogP contribution is 2.34. The van der Waals surface area contributed by atoms with Crippen LogP contribution in [-0.2, 0) is 0 Å². The van der Waals surface area contributed by atoms with Gasteiger partial charge in [0.25, 0.3) is 0 Å². The van der Waals surface area contributed by atoms with E-state index in [0.29, 0.717) is 17.0 Å². The van der Waals surface area contributed by atoms with Crippen molar-refractivity contribution in [3.05, 3.63) is 72.6 Å². The molecule has 5 rings (SSSR count). The molecule has 0 amide bonds. The van der Waals surface area contributed by atoms with Crippen molar-refractivity contribution < 1.29 is 4.39 Å². The quantitative estimate of drug-likeness (QED) is 0.474. The summed E-state index contributed by atoms with van der Waals surface area (Å²) in [6.45, 7) is 2.04. The number of aromatic nitrogens is 5. The molecule has 0 unspecified atom stereocenters. The fourth-order valence-electron chi connectivity index (χ4n) is 3.44. The van der Waals surface area contributed by atoms with Crippen LogP contribution in [0.3, 0.4) is 0 Å². The molecule has 0 aliphatic carbocycles. The van der Waals surface area contributed by atoms with Crippen LogP contribution in [0.5, 0.6) is 0 Å². The van der Waals surface area contributed by atoms with Crippen molar-refractivity contribution in [1.29, 1.82) is 0 Å². The van der Waals surface area contributed by atoms with Crippen LogP contribution >= 0.6 is 0 Å². The summed E-state index contributed by atoms with van der Waals surface area (Å²) in [7, 11) is 0. The second-order valence-electron chi connectivity index (χ2n) is 6.52. The number of nitrogen functional groups attached to an aromatic ring is 1. The second kappa shape index (κ2) is 6.09. The van der Waals surface area contributed by atoms with Gasteiger partial charge in [0, 0.05) is 29.5 Å². The standard InChI is InChI=1S/C21H15FN6/c1-12-7-8-24-15-6-5-13(11-14(12)15)19-18(16-3-2-4-17(22)26-16)27-20(23)21-25-9-10-28(19)21/h2-11H,1H3,(H2,23,27). The Morgan fingerprint density at radius 1 is 1.00 bits per heavy atom. The topological polar surface area (TPSA) is 82.0 Å². The molecule has 0 aliphatic rings. The third-order valence-electron chi connectivity index (χ3n) is 4.76. The zero-order valence-electron chi connectivity index (χ0n) is 15.0. The van der Waals surface area contributed by atoms with E-state index in [1.54, 1.807) is 24.5 Å². The Labute approximate surface area is 159 Å². The monoisotopic (exact) mass is 370 g/mol. The maximum Gasteiger partial charge on any atom is 0.213 e. The van der Waals surface area contributed by atoms with E-state index in [0.717, 1.165) is 27.7 Å². The van der Waals surface area contributed by atoms with E-state index in [9.17, 15) is 4.39 Å². The van der Waals surface area contributed by atoms with E-state index in [-0.39, 0.29) is 5.82 Å². The highest BCUT2D eigenvalue weighted by atomic mass is 19.1. The number of imidazole rings is 1. The van der Waals surface area contributed by atoms with Gasteiger partial charge in [0.15, 0.2) is 11.5 Å². The predicted molar refractivity (Wildman–Crippen MR) is 106 cm³/mol. The SMILES string of the molecule is Cc1ccnc2ccc(-c3c(-c4cccc(F)n4)nc(N)c4nccn34)cc12. The molecule has 6 nitrogen and oxygen atoms in total. The van der Waals surface area contributed by atoms with E-state index in [1.165, 1.54) is 6.07 Å². The summed E-state index contributed by atoms with van der Waals surface area (Å²) in [6.07, 6.45) is 5.26. The van der Waals surface area contributed by atoms with Gasteiger partial charge in [-0.1, -0.05) is 12.1 Å². The lowest BCUT2D eigenvalue weighted by Crippen LogP contribution is -2.05. The van der Waals surface area contributed by atoms with Gasteiger partial charge >= 0.3 is 0 Å². The lowest BCUT2D eigenvalue weighted by molar-refractivity contribution is 0.585. The molecule has 4 heterocycles. The van der Waals surface area contributed by atoms with Gasteiger partial charge in [-0.15, -0.1) is 0 Å². The van der Waals surface area contributed by atoms with Gasteiger partial charge in [-0.25, -0.2) is 15.0 Å². The number of hydrogen-bond donors (Lipinski definition) is 1.